The average molecular weight is 200 g/mol. The lowest BCUT2D eigenvalue weighted by molar-refractivity contribution is 0.661. The normalized spacial score (nSPS) is 11.3. The maximum Gasteiger partial charge on any atom is 0.294 e. The van der Waals surface area contributed by atoms with Crippen LogP contribution in [0.4, 0.5) is 0 Å². The van der Waals surface area contributed by atoms with E-state index >= 15 is 0 Å². The van der Waals surface area contributed by atoms with Crippen LogP contribution in [0.5, 0.6) is 0 Å². The topological polar surface area (TPSA) is 58.9 Å². The number of hydrogen-bond acceptors (Lipinski definition) is 3. The van der Waals surface area contributed by atoms with E-state index in [1.165, 1.54) is 6.33 Å². The molecule has 4 heteroatoms. The molecule has 0 amide bonds. The summed E-state index contributed by atoms with van der Waals surface area (Å²) in [6.45, 7) is 1.99. The van der Waals surface area contributed by atoms with Gasteiger partial charge >= 0.3 is 0 Å². The van der Waals surface area contributed by atoms with E-state index in [0.717, 1.165) is 10.9 Å². The van der Waals surface area contributed by atoms with Crippen molar-refractivity contribution in [3.63, 3.8) is 0 Å². The fourth-order valence-electron chi connectivity index (χ4n) is 1.70. The van der Waals surface area contributed by atoms with Crippen LogP contribution in [-0.4, -0.2) is 9.97 Å². The summed E-state index contributed by atoms with van der Waals surface area (Å²) in [5, 5.41) is 0.885. The number of H-pyrrole nitrogens is 1. The van der Waals surface area contributed by atoms with Crippen LogP contribution in [0.15, 0.2) is 33.7 Å². The number of nitrogens with one attached hydrogen (secondary N) is 1. The first-order valence-electron chi connectivity index (χ1n) is 4.62. The van der Waals surface area contributed by atoms with E-state index in [1.807, 2.05) is 25.1 Å². The molecule has 4 nitrogen and oxygen atoms in total. The van der Waals surface area contributed by atoms with E-state index in [2.05, 4.69) is 9.97 Å². The molecule has 0 saturated heterocycles. The van der Waals surface area contributed by atoms with Crippen LogP contribution < -0.4 is 5.56 Å². The summed E-state index contributed by atoms with van der Waals surface area (Å²) in [6.07, 6.45) is 1.39. The lowest BCUT2D eigenvalue weighted by Crippen LogP contribution is -2.03. The van der Waals surface area contributed by atoms with Crippen LogP contribution in [0, 0.1) is 6.92 Å². The van der Waals surface area contributed by atoms with Gasteiger partial charge in [-0.25, -0.2) is 4.98 Å². The fourth-order valence-corrected chi connectivity index (χ4v) is 1.70. The van der Waals surface area contributed by atoms with E-state index < -0.39 is 0 Å². The third-order valence-corrected chi connectivity index (χ3v) is 2.41. The highest BCUT2D eigenvalue weighted by Gasteiger charge is 2.10. The predicted molar refractivity (Wildman–Crippen MR) is 56.9 cm³/mol. The van der Waals surface area contributed by atoms with Crippen LogP contribution in [-0.2, 0) is 0 Å². The maximum atomic E-state index is 11.4. The first-order chi connectivity index (χ1) is 7.25. The Balaban J connectivity index is 2.64. The van der Waals surface area contributed by atoms with Crippen molar-refractivity contribution >= 4 is 22.1 Å². The third kappa shape index (κ3) is 1.08. The smallest absolute Gasteiger partial charge is 0.294 e. The van der Waals surface area contributed by atoms with Gasteiger partial charge in [0.1, 0.15) is 11.1 Å². The number of hydrogen-bond donors (Lipinski definition) is 1. The van der Waals surface area contributed by atoms with Gasteiger partial charge in [-0.2, -0.15) is 0 Å². The van der Waals surface area contributed by atoms with E-state index in [0.29, 0.717) is 11.1 Å². The lowest BCUT2D eigenvalue weighted by Gasteiger charge is -1.90. The van der Waals surface area contributed by atoms with Gasteiger partial charge in [-0.3, -0.25) is 4.79 Å². The first kappa shape index (κ1) is 8.23. The highest BCUT2D eigenvalue weighted by molar-refractivity contribution is 6.02. The molecule has 74 valence electrons. The fraction of sp³-hybridized carbons (Fsp3) is 0.0909. The minimum absolute atomic E-state index is 0.242. The molecule has 0 unspecified atom stereocenters. The molecule has 1 aromatic carbocycles. The van der Waals surface area contributed by atoms with E-state index in [4.69, 9.17) is 4.42 Å². The summed E-state index contributed by atoms with van der Waals surface area (Å²) in [5.74, 6) is 0. The number of rotatable bonds is 0. The highest BCUT2D eigenvalue weighted by atomic mass is 16.3. The van der Waals surface area contributed by atoms with Crippen LogP contribution >= 0.6 is 0 Å². The van der Waals surface area contributed by atoms with Gasteiger partial charge in [0.15, 0.2) is 0 Å². The zero-order valence-electron chi connectivity index (χ0n) is 8.07. The molecule has 0 aliphatic rings. The Kier molecular flexibility index (Phi) is 1.48. The van der Waals surface area contributed by atoms with Crippen molar-refractivity contribution in [3.05, 3.63) is 40.4 Å². The summed E-state index contributed by atoms with van der Waals surface area (Å²) in [7, 11) is 0. The number of aromatic amines is 1. The number of benzene rings is 1. The second-order valence-electron chi connectivity index (χ2n) is 3.51. The van der Waals surface area contributed by atoms with Crippen LogP contribution in [0.2, 0.25) is 0 Å². The van der Waals surface area contributed by atoms with Crippen LogP contribution in [0.1, 0.15) is 5.56 Å². The molecule has 1 N–H and O–H groups in total. The Bertz CT molecular complexity index is 709. The molecule has 0 atom stereocenters. The van der Waals surface area contributed by atoms with Gasteiger partial charge in [0, 0.05) is 5.39 Å². The number of aryl methyl sites for hydroxylation is 1. The molecule has 0 fully saturated rings. The summed E-state index contributed by atoms with van der Waals surface area (Å²) < 4.78 is 5.43. The Morgan fingerprint density at radius 2 is 2.27 bits per heavy atom. The monoisotopic (exact) mass is 200 g/mol. The van der Waals surface area contributed by atoms with Crippen LogP contribution in [0.3, 0.4) is 0 Å². The van der Waals surface area contributed by atoms with Crippen molar-refractivity contribution < 1.29 is 4.42 Å². The summed E-state index contributed by atoms with van der Waals surface area (Å²) in [6, 6.07) is 5.76. The molecule has 0 spiro atoms. The predicted octanol–water partition coefficient (Wildman–Crippen LogP) is 1.98. The number of nitrogens with zero attached hydrogens (tertiary/aromatic N) is 1. The van der Waals surface area contributed by atoms with Crippen molar-refractivity contribution in [2.45, 2.75) is 6.92 Å². The molecule has 2 heterocycles. The standard InChI is InChI=1S/C11H8N2O2/c1-6-2-3-8-7(4-6)9-10(15-8)11(14)13-5-12-9/h2-5H,1H3,(H,12,13,14). The Labute approximate surface area is 84.6 Å². The Hall–Kier alpha value is -2.10. The molecular formula is C11H8N2O2. The van der Waals surface area contributed by atoms with E-state index in [-0.39, 0.29) is 11.1 Å². The van der Waals surface area contributed by atoms with Gasteiger partial charge in [-0.1, -0.05) is 11.6 Å². The van der Waals surface area contributed by atoms with Crippen molar-refractivity contribution in [3.8, 4) is 0 Å². The zero-order chi connectivity index (χ0) is 10.4. The maximum absolute atomic E-state index is 11.4. The minimum Gasteiger partial charge on any atom is -0.449 e. The molecule has 3 rings (SSSR count). The molecule has 0 aliphatic heterocycles. The SMILES string of the molecule is Cc1ccc2oc3c(=O)[nH]cnc3c2c1. The second-order valence-corrected chi connectivity index (χ2v) is 3.51. The molecule has 3 aromatic rings. The van der Waals surface area contributed by atoms with Gasteiger partial charge in [0.2, 0.25) is 5.58 Å². The van der Waals surface area contributed by atoms with Crippen LogP contribution in [0.25, 0.3) is 22.1 Å². The quantitative estimate of drug-likeness (QED) is 0.603. The Morgan fingerprint density at radius 1 is 1.40 bits per heavy atom. The highest BCUT2D eigenvalue weighted by Crippen LogP contribution is 2.24. The largest absolute Gasteiger partial charge is 0.449 e. The summed E-state index contributed by atoms with van der Waals surface area (Å²) >= 11 is 0. The first-order valence-corrected chi connectivity index (χ1v) is 4.62. The molecule has 0 radical (unpaired) electrons. The summed E-state index contributed by atoms with van der Waals surface area (Å²) in [4.78, 5) is 18.1. The van der Waals surface area contributed by atoms with E-state index in [1.54, 1.807) is 0 Å². The number of aromatic nitrogens is 2. The molecular weight excluding hydrogens is 192 g/mol. The zero-order valence-corrected chi connectivity index (χ0v) is 8.07. The van der Waals surface area contributed by atoms with Crippen molar-refractivity contribution in [1.29, 1.82) is 0 Å². The van der Waals surface area contributed by atoms with Crippen molar-refractivity contribution in [2.75, 3.05) is 0 Å². The van der Waals surface area contributed by atoms with Crippen molar-refractivity contribution in [2.24, 2.45) is 0 Å². The van der Waals surface area contributed by atoms with Gasteiger partial charge in [-0.15, -0.1) is 0 Å². The number of furan rings is 1. The molecule has 0 saturated carbocycles. The average Bonchev–Trinajstić information content (AvgIpc) is 2.58. The third-order valence-electron chi connectivity index (χ3n) is 2.41. The molecule has 0 aliphatic carbocycles. The molecule has 0 bridgehead atoms. The van der Waals surface area contributed by atoms with Gasteiger partial charge < -0.3 is 9.40 Å². The van der Waals surface area contributed by atoms with Gasteiger partial charge in [0.25, 0.3) is 5.56 Å². The summed E-state index contributed by atoms with van der Waals surface area (Å²) in [5.41, 5.74) is 2.48. The number of fused-ring (bicyclic) bond motifs is 3. The Morgan fingerprint density at radius 3 is 3.13 bits per heavy atom. The lowest BCUT2D eigenvalue weighted by atomic mass is 10.2. The second kappa shape index (κ2) is 2.70. The van der Waals surface area contributed by atoms with Gasteiger partial charge in [0.05, 0.1) is 6.33 Å². The van der Waals surface area contributed by atoms with Crippen molar-refractivity contribution in [1.82, 2.24) is 9.97 Å². The molecule has 2 aromatic heterocycles. The minimum atomic E-state index is -0.242. The van der Waals surface area contributed by atoms with E-state index in [9.17, 15) is 4.79 Å². The van der Waals surface area contributed by atoms with Gasteiger partial charge in [-0.05, 0) is 19.1 Å². The molecule has 15 heavy (non-hydrogen) atoms.